The summed E-state index contributed by atoms with van der Waals surface area (Å²) in [4.78, 5) is 12.8. The smallest absolute Gasteiger partial charge is 0.269 e. The zero-order chi connectivity index (χ0) is 13.9. The molecule has 1 aliphatic heterocycles. The van der Waals surface area contributed by atoms with Gasteiger partial charge >= 0.3 is 0 Å². The number of ether oxygens (including phenoxy) is 1. The van der Waals surface area contributed by atoms with E-state index in [0.29, 0.717) is 0 Å². The minimum absolute atomic E-state index is 0.108. The third-order valence-electron chi connectivity index (χ3n) is 4.42. The molecule has 0 N–H and O–H groups in total. The van der Waals surface area contributed by atoms with Crippen LogP contribution < -0.4 is 4.74 Å². The van der Waals surface area contributed by atoms with Gasteiger partial charge in [0.25, 0.3) is 5.69 Å². The summed E-state index contributed by atoms with van der Waals surface area (Å²) >= 11 is 0. The molecule has 1 aromatic carbocycles. The Morgan fingerprint density at radius 3 is 2.25 bits per heavy atom. The van der Waals surface area contributed by atoms with Gasteiger partial charge in [-0.05, 0) is 37.8 Å². The Morgan fingerprint density at radius 2 is 1.75 bits per heavy atom. The van der Waals surface area contributed by atoms with Crippen LogP contribution in [0, 0.1) is 10.1 Å². The first-order chi connectivity index (χ1) is 9.72. The number of rotatable bonds is 4. The average Bonchev–Trinajstić information content (AvgIpc) is 2.39. The van der Waals surface area contributed by atoms with Gasteiger partial charge in [-0.25, -0.2) is 0 Å². The third-order valence-corrected chi connectivity index (χ3v) is 4.42. The maximum absolute atomic E-state index is 10.6. The van der Waals surface area contributed by atoms with Gasteiger partial charge in [0, 0.05) is 31.3 Å². The van der Waals surface area contributed by atoms with Gasteiger partial charge in [0.2, 0.25) is 0 Å². The lowest BCUT2D eigenvalue weighted by atomic mass is 9.90. The van der Waals surface area contributed by atoms with Crippen molar-refractivity contribution in [3.63, 3.8) is 0 Å². The number of likely N-dealkylation sites (tertiary alicyclic amines) is 1. The normalized spacial score (nSPS) is 21.4. The van der Waals surface area contributed by atoms with Crippen LogP contribution in [0.3, 0.4) is 0 Å². The number of nitrogens with zero attached hydrogens (tertiary/aromatic N) is 2. The number of piperidine rings is 1. The van der Waals surface area contributed by atoms with Crippen LogP contribution in [0.2, 0.25) is 0 Å². The molecule has 0 bridgehead atoms. The van der Waals surface area contributed by atoms with Crippen LogP contribution in [-0.4, -0.2) is 35.1 Å². The third kappa shape index (κ3) is 2.93. The van der Waals surface area contributed by atoms with E-state index in [4.69, 9.17) is 4.74 Å². The van der Waals surface area contributed by atoms with Crippen molar-refractivity contribution in [3.05, 3.63) is 34.4 Å². The molecule has 5 heteroatoms. The summed E-state index contributed by atoms with van der Waals surface area (Å²) in [5.41, 5.74) is 0.108. The highest BCUT2D eigenvalue weighted by atomic mass is 16.6. The highest BCUT2D eigenvalue weighted by Gasteiger charge is 2.29. The summed E-state index contributed by atoms with van der Waals surface area (Å²) < 4.78 is 5.92. The van der Waals surface area contributed by atoms with Crippen LogP contribution in [-0.2, 0) is 0 Å². The van der Waals surface area contributed by atoms with Gasteiger partial charge in [-0.1, -0.05) is 6.42 Å². The van der Waals surface area contributed by atoms with Gasteiger partial charge in [0.1, 0.15) is 11.9 Å². The lowest BCUT2D eigenvalue weighted by Gasteiger charge is -2.41. The van der Waals surface area contributed by atoms with Gasteiger partial charge in [-0.15, -0.1) is 0 Å². The van der Waals surface area contributed by atoms with E-state index in [1.807, 2.05) is 0 Å². The van der Waals surface area contributed by atoms with Crippen LogP contribution in [0.25, 0.3) is 0 Å². The number of nitro groups is 1. The molecule has 20 heavy (non-hydrogen) atoms. The van der Waals surface area contributed by atoms with E-state index in [0.717, 1.165) is 37.7 Å². The maximum atomic E-state index is 10.6. The van der Waals surface area contributed by atoms with E-state index in [2.05, 4.69) is 4.90 Å². The molecule has 0 spiro atoms. The molecule has 1 aliphatic carbocycles. The van der Waals surface area contributed by atoms with Gasteiger partial charge in [-0.2, -0.15) is 0 Å². The lowest BCUT2D eigenvalue weighted by molar-refractivity contribution is -0.384. The van der Waals surface area contributed by atoms with Crippen molar-refractivity contribution in [2.45, 2.75) is 44.2 Å². The van der Waals surface area contributed by atoms with Crippen LogP contribution in [0.5, 0.6) is 5.75 Å². The highest BCUT2D eigenvalue weighted by Crippen LogP contribution is 2.28. The summed E-state index contributed by atoms with van der Waals surface area (Å²) in [6.45, 7) is 2.23. The molecule has 1 saturated heterocycles. The topological polar surface area (TPSA) is 55.6 Å². The Kier molecular flexibility index (Phi) is 3.87. The minimum atomic E-state index is -0.388. The van der Waals surface area contributed by atoms with Crippen LogP contribution in [0.1, 0.15) is 32.1 Å². The van der Waals surface area contributed by atoms with E-state index in [-0.39, 0.29) is 16.7 Å². The van der Waals surface area contributed by atoms with Crippen LogP contribution >= 0.6 is 0 Å². The number of hydrogen-bond acceptors (Lipinski definition) is 4. The van der Waals surface area contributed by atoms with Crippen molar-refractivity contribution in [2.24, 2.45) is 0 Å². The Labute approximate surface area is 118 Å². The van der Waals surface area contributed by atoms with Crippen molar-refractivity contribution in [1.82, 2.24) is 4.90 Å². The molecule has 5 nitrogen and oxygen atoms in total. The zero-order valence-corrected chi connectivity index (χ0v) is 11.5. The van der Waals surface area contributed by atoms with E-state index in [1.165, 1.54) is 31.4 Å². The molecule has 2 aliphatic rings. The molecular weight excluding hydrogens is 256 g/mol. The molecule has 108 valence electrons. The first kappa shape index (κ1) is 13.4. The standard InChI is InChI=1S/C15H20N2O3/c18-17(19)13-4-6-14(7-5-13)20-15-8-10-16(11-9-15)12-2-1-3-12/h4-7,12,15H,1-3,8-11H2. The molecule has 1 aromatic rings. The Morgan fingerprint density at radius 1 is 1.10 bits per heavy atom. The number of non-ortho nitro benzene ring substituents is 1. The molecule has 2 fully saturated rings. The molecule has 0 amide bonds. The van der Waals surface area contributed by atoms with E-state index >= 15 is 0 Å². The number of hydrogen-bond donors (Lipinski definition) is 0. The monoisotopic (exact) mass is 276 g/mol. The summed E-state index contributed by atoms with van der Waals surface area (Å²) in [5.74, 6) is 0.734. The molecule has 0 aromatic heterocycles. The first-order valence-corrected chi connectivity index (χ1v) is 7.37. The number of nitro benzene ring substituents is 1. The fourth-order valence-corrected chi connectivity index (χ4v) is 2.95. The Balaban J connectivity index is 1.50. The van der Waals surface area contributed by atoms with Gasteiger partial charge in [-0.3, -0.25) is 10.1 Å². The van der Waals surface area contributed by atoms with Crippen molar-refractivity contribution in [2.75, 3.05) is 13.1 Å². The zero-order valence-electron chi connectivity index (χ0n) is 11.5. The fourth-order valence-electron chi connectivity index (χ4n) is 2.95. The molecule has 0 radical (unpaired) electrons. The van der Waals surface area contributed by atoms with Gasteiger partial charge in [0.15, 0.2) is 0 Å². The van der Waals surface area contributed by atoms with E-state index < -0.39 is 0 Å². The maximum Gasteiger partial charge on any atom is 0.269 e. The summed E-state index contributed by atoms with van der Waals surface area (Å²) in [7, 11) is 0. The van der Waals surface area contributed by atoms with Gasteiger partial charge < -0.3 is 9.64 Å². The predicted molar refractivity (Wildman–Crippen MR) is 76.0 cm³/mol. The minimum Gasteiger partial charge on any atom is -0.490 e. The largest absolute Gasteiger partial charge is 0.490 e. The summed E-state index contributed by atoms with van der Waals surface area (Å²) in [5, 5.41) is 10.6. The predicted octanol–water partition coefficient (Wildman–Crippen LogP) is 2.99. The molecular formula is C15H20N2O3. The summed E-state index contributed by atoms with van der Waals surface area (Å²) in [6.07, 6.45) is 6.43. The average molecular weight is 276 g/mol. The van der Waals surface area contributed by atoms with Crippen LogP contribution in [0.4, 0.5) is 5.69 Å². The van der Waals surface area contributed by atoms with Gasteiger partial charge in [0.05, 0.1) is 4.92 Å². The second-order valence-electron chi connectivity index (χ2n) is 5.69. The SMILES string of the molecule is O=[N+]([O-])c1ccc(OC2CCN(C3CCC3)CC2)cc1. The second-order valence-corrected chi connectivity index (χ2v) is 5.69. The van der Waals surface area contributed by atoms with Crippen molar-refractivity contribution in [1.29, 1.82) is 0 Å². The molecule has 1 heterocycles. The Hall–Kier alpha value is -1.62. The van der Waals surface area contributed by atoms with E-state index in [9.17, 15) is 10.1 Å². The number of benzene rings is 1. The Bertz CT molecular complexity index is 463. The van der Waals surface area contributed by atoms with E-state index in [1.54, 1.807) is 12.1 Å². The molecule has 0 unspecified atom stereocenters. The fraction of sp³-hybridized carbons (Fsp3) is 0.600. The van der Waals surface area contributed by atoms with Crippen molar-refractivity contribution >= 4 is 5.69 Å². The first-order valence-electron chi connectivity index (χ1n) is 7.37. The van der Waals surface area contributed by atoms with Crippen molar-refractivity contribution in [3.8, 4) is 5.75 Å². The molecule has 0 atom stereocenters. The second kappa shape index (κ2) is 5.79. The van der Waals surface area contributed by atoms with Crippen molar-refractivity contribution < 1.29 is 9.66 Å². The highest BCUT2D eigenvalue weighted by molar-refractivity contribution is 5.36. The van der Waals surface area contributed by atoms with Crippen LogP contribution in [0.15, 0.2) is 24.3 Å². The summed E-state index contributed by atoms with van der Waals surface area (Å²) in [6, 6.07) is 7.19. The quantitative estimate of drug-likeness (QED) is 0.626. The molecule has 3 rings (SSSR count). The lowest BCUT2D eigenvalue weighted by Crippen LogP contribution is -2.46. The molecule has 1 saturated carbocycles.